The van der Waals surface area contributed by atoms with E-state index in [0.29, 0.717) is 18.1 Å². The van der Waals surface area contributed by atoms with Gasteiger partial charge in [-0.1, -0.05) is 12.1 Å². The topological polar surface area (TPSA) is 98.6 Å². The SMILES string of the molecule is CN/C(=C1\C(=N)CCc2cnc(Nc3ccc(N4CCN(C)CC4)cc3OC)nc21)c1ccccc1OC. The first-order valence-electron chi connectivity index (χ1n) is 12.9. The summed E-state index contributed by atoms with van der Waals surface area (Å²) < 4.78 is 11.4. The lowest BCUT2D eigenvalue weighted by Crippen LogP contribution is -2.44. The average Bonchev–Trinajstić information content (AvgIpc) is 2.95. The average molecular weight is 514 g/mol. The van der Waals surface area contributed by atoms with Crippen molar-refractivity contribution in [3.8, 4) is 11.5 Å². The van der Waals surface area contributed by atoms with Crippen LogP contribution in [0.5, 0.6) is 11.5 Å². The van der Waals surface area contributed by atoms with E-state index in [4.69, 9.17) is 19.9 Å². The van der Waals surface area contributed by atoms with Crippen molar-refractivity contribution in [2.24, 2.45) is 0 Å². The molecule has 198 valence electrons. The van der Waals surface area contributed by atoms with Gasteiger partial charge in [-0.3, -0.25) is 0 Å². The Morgan fingerprint density at radius 1 is 0.974 bits per heavy atom. The second-order valence-corrected chi connectivity index (χ2v) is 9.55. The molecular formula is C29H35N7O2. The molecule has 2 aliphatic rings. The number of methoxy groups -OCH3 is 2. The second-order valence-electron chi connectivity index (χ2n) is 9.55. The zero-order chi connectivity index (χ0) is 26.6. The van der Waals surface area contributed by atoms with E-state index in [1.165, 1.54) is 0 Å². The van der Waals surface area contributed by atoms with E-state index in [1.807, 2.05) is 43.6 Å². The molecule has 9 nitrogen and oxygen atoms in total. The van der Waals surface area contributed by atoms with Crippen LogP contribution in [0.25, 0.3) is 11.3 Å². The van der Waals surface area contributed by atoms with Crippen LogP contribution in [0.4, 0.5) is 17.3 Å². The van der Waals surface area contributed by atoms with Crippen molar-refractivity contribution < 1.29 is 9.47 Å². The third-order valence-electron chi connectivity index (χ3n) is 7.22. The number of anilines is 3. The molecule has 38 heavy (non-hydrogen) atoms. The zero-order valence-corrected chi connectivity index (χ0v) is 22.5. The standard InChI is InChI=1S/C29H35N7O2/c1-31-28(21-7-5-6-8-24(21)37-3)26-22(30)11-9-19-18-32-29(34-27(19)26)33-23-12-10-20(17-25(23)38-4)36-15-13-35(2)14-16-36/h5-8,10,12,17-18,30-31H,9,11,13-16H2,1-4H3,(H,32,33,34)/b28-26+,30-22?. The highest BCUT2D eigenvalue weighted by atomic mass is 16.5. The van der Waals surface area contributed by atoms with Gasteiger partial charge in [0, 0.05) is 68.0 Å². The predicted molar refractivity (Wildman–Crippen MR) is 153 cm³/mol. The summed E-state index contributed by atoms with van der Waals surface area (Å²) in [4.78, 5) is 14.2. The molecule has 1 aliphatic carbocycles. The molecular weight excluding hydrogens is 478 g/mol. The number of para-hydroxylation sites is 1. The van der Waals surface area contributed by atoms with Crippen LogP contribution in [0.15, 0.2) is 48.7 Å². The van der Waals surface area contributed by atoms with Crippen LogP contribution in [0.3, 0.4) is 0 Å². The summed E-state index contributed by atoms with van der Waals surface area (Å²) in [5.41, 5.74) is 6.70. The van der Waals surface area contributed by atoms with E-state index >= 15 is 0 Å². The monoisotopic (exact) mass is 513 g/mol. The summed E-state index contributed by atoms with van der Waals surface area (Å²) in [6.07, 6.45) is 3.21. The van der Waals surface area contributed by atoms with Crippen molar-refractivity contribution in [3.05, 3.63) is 65.5 Å². The molecule has 3 N–H and O–H groups in total. The van der Waals surface area contributed by atoms with Gasteiger partial charge in [0.25, 0.3) is 0 Å². The van der Waals surface area contributed by atoms with Gasteiger partial charge in [-0.05, 0) is 49.7 Å². The maximum absolute atomic E-state index is 8.83. The number of ether oxygens (including phenoxy) is 2. The number of rotatable bonds is 7. The molecule has 1 saturated heterocycles. The Hall–Kier alpha value is -4.11. The van der Waals surface area contributed by atoms with E-state index in [9.17, 15) is 0 Å². The molecule has 1 fully saturated rings. The Morgan fingerprint density at radius 2 is 1.74 bits per heavy atom. The van der Waals surface area contributed by atoms with Crippen LogP contribution in [0, 0.1) is 5.41 Å². The van der Waals surface area contributed by atoms with Crippen LogP contribution >= 0.6 is 0 Å². The number of aryl methyl sites for hydroxylation is 1. The quantitative estimate of drug-likeness (QED) is 0.435. The van der Waals surface area contributed by atoms with E-state index in [2.05, 4.69) is 44.6 Å². The lowest BCUT2D eigenvalue weighted by Gasteiger charge is -2.34. The maximum Gasteiger partial charge on any atom is 0.227 e. The molecule has 0 saturated carbocycles. The lowest BCUT2D eigenvalue weighted by molar-refractivity contribution is 0.312. The summed E-state index contributed by atoms with van der Waals surface area (Å²) in [6.45, 7) is 4.06. The lowest BCUT2D eigenvalue weighted by atomic mass is 9.87. The smallest absolute Gasteiger partial charge is 0.227 e. The van der Waals surface area contributed by atoms with E-state index < -0.39 is 0 Å². The Bertz CT molecular complexity index is 1360. The molecule has 1 aromatic heterocycles. The number of allylic oxidation sites excluding steroid dienone is 1. The Kier molecular flexibility index (Phi) is 7.46. The van der Waals surface area contributed by atoms with Gasteiger partial charge in [-0.2, -0.15) is 0 Å². The summed E-state index contributed by atoms with van der Waals surface area (Å²) in [5, 5.41) is 15.5. The summed E-state index contributed by atoms with van der Waals surface area (Å²) in [7, 11) is 7.35. The van der Waals surface area contributed by atoms with E-state index in [0.717, 1.165) is 83.6 Å². The van der Waals surface area contributed by atoms with Crippen molar-refractivity contribution in [1.82, 2.24) is 20.2 Å². The molecule has 1 aliphatic heterocycles. The highest BCUT2D eigenvalue weighted by molar-refractivity contribution is 6.29. The first-order chi connectivity index (χ1) is 18.5. The van der Waals surface area contributed by atoms with Crippen LogP contribution in [-0.4, -0.2) is 75.1 Å². The van der Waals surface area contributed by atoms with Gasteiger partial charge in [-0.15, -0.1) is 0 Å². The predicted octanol–water partition coefficient (Wildman–Crippen LogP) is 4.04. The zero-order valence-electron chi connectivity index (χ0n) is 22.5. The van der Waals surface area contributed by atoms with Gasteiger partial charge in [0.2, 0.25) is 5.95 Å². The van der Waals surface area contributed by atoms with Gasteiger partial charge in [-0.25, -0.2) is 9.97 Å². The number of piperazine rings is 1. The minimum absolute atomic E-state index is 0.456. The van der Waals surface area contributed by atoms with E-state index in [1.54, 1.807) is 14.2 Å². The highest BCUT2D eigenvalue weighted by Crippen LogP contribution is 2.37. The maximum atomic E-state index is 8.83. The molecule has 5 rings (SSSR count). The van der Waals surface area contributed by atoms with Crippen LogP contribution < -0.4 is 25.0 Å². The molecule has 0 spiro atoms. The number of hydrogen-bond acceptors (Lipinski definition) is 9. The number of benzene rings is 2. The molecule has 3 aromatic rings. The van der Waals surface area contributed by atoms with Crippen molar-refractivity contribution in [3.63, 3.8) is 0 Å². The van der Waals surface area contributed by atoms with Crippen molar-refractivity contribution in [2.75, 3.05) is 64.7 Å². The minimum Gasteiger partial charge on any atom is -0.496 e. The third kappa shape index (κ3) is 5.02. The van der Waals surface area contributed by atoms with Gasteiger partial charge >= 0.3 is 0 Å². The fourth-order valence-electron chi connectivity index (χ4n) is 5.07. The largest absolute Gasteiger partial charge is 0.496 e. The van der Waals surface area contributed by atoms with Gasteiger partial charge in [0.15, 0.2) is 0 Å². The molecule has 9 heteroatoms. The first kappa shape index (κ1) is 25.5. The highest BCUT2D eigenvalue weighted by Gasteiger charge is 2.26. The van der Waals surface area contributed by atoms with Crippen molar-refractivity contribution >= 4 is 34.3 Å². The van der Waals surface area contributed by atoms with E-state index in [-0.39, 0.29) is 0 Å². The Balaban J connectivity index is 1.50. The van der Waals surface area contributed by atoms with Crippen molar-refractivity contribution in [2.45, 2.75) is 12.8 Å². The van der Waals surface area contributed by atoms with Crippen LogP contribution in [-0.2, 0) is 6.42 Å². The van der Waals surface area contributed by atoms with Gasteiger partial charge in [0.1, 0.15) is 11.5 Å². The van der Waals surface area contributed by atoms with Crippen LogP contribution in [0.2, 0.25) is 0 Å². The second kappa shape index (κ2) is 11.1. The number of hydrogen-bond donors (Lipinski definition) is 3. The number of nitrogens with zero attached hydrogens (tertiary/aromatic N) is 4. The Labute approximate surface area is 224 Å². The number of aromatic nitrogens is 2. The van der Waals surface area contributed by atoms with Crippen molar-refractivity contribution in [1.29, 1.82) is 5.41 Å². The van der Waals surface area contributed by atoms with Gasteiger partial charge < -0.3 is 35.3 Å². The molecule has 0 bridgehead atoms. The fourth-order valence-corrected chi connectivity index (χ4v) is 5.07. The molecule has 2 aromatic carbocycles. The molecule has 2 heterocycles. The number of nitrogens with one attached hydrogen (secondary N) is 3. The molecule has 0 atom stereocenters. The summed E-state index contributed by atoms with van der Waals surface area (Å²) >= 11 is 0. The minimum atomic E-state index is 0.456. The molecule has 0 radical (unpaired) electrons. The molecule has 0 amide bonds. The third-order valence-corrected chi connectivity index (χ3v) is 7.22. The summed E-state index contributed by atoms with van der Waals surface area (Å²) in [6, 6.07) is 14.0. The fraction of sp³-hybridized carbons (Fsp3) is 0.345. The Morgan fingerprint density at radius 3 is 2.47 bits per heavy atom. The number of likely N-dealkylation sites (N-methyl/N-ethyl adjacent to an activating group) is 1. The summed E-state index contributed by atoms with van der Waals surface area (Å²) in [5.74, 6) is 1.93. The van der Waals surface area contributed by atoms with Gasteiger partial charge in [0.05, 0.1) is 31.3 Å². The first-order valence-corrected chi connectivity index (χ1v) is 12.9. The molecule has 0 unspecified atom stereocenters. The van der Waals surface area contributed by atoms with Crippen LogP contribution in [0.1, 0.15) is 23.2 Å². The normalized spacial score (nSPS) is 17.1. The number of fused-ring (bicyclic) bond motifs is 1.